The van der Waals surface area contributed by atoms with Gasteiger partial charge in [0, 0.05) is 29.5 Å². The highest BCUT2D eigenvalue weighted by Gasteiger charge is 2.40. The van der Waals surface area contributed by atoms with Gasteiger partial charge in [0.2, 0.25) is 5.91 Å². The lowest BCUT2D eigenvalue weighted by atomic mass is 9.86. The fourth-order valence-corrected chi connectivity index (χ4v) is 5.12. The molecule has 1 amide bonds. The summed E-state index contributed by atoms with van der Waals surface area (Å²) in [6, 6.07) is 19.0. The smallest absolute Gasteiger partial charge is 0.224 e. The van der Waals surface area contributed by atoms with Gasteiger partial charge in [0.15, 0.2) is 0 Å². The van der Waals surface area contributed by atoms with Crippen molar-refractivity contribution in [1.29, 1.82) is 0 Å². The summed E-state index contributed by atoms with van der Waals surface area (Å²) in [5.74, 6) is 2.47. The van der Waals surface area contributed by atoms with Crippen LogP contribution >= 0.6 is 0 Å². The number of fused-ring (bicyclic) bond motifs is 2. The number of carbonyl (C=O) groups excluding carboxylic acids is 1. The van der Waals surface area contributed by atoms with Crippen LogP contribution in [0.3, 0.4) is 0 Å². The third-order valence-electron chi connectivity index (χ3n) is 6.31. The molecule has 2 aliphatic carbocycles. The lowest BCUT2D eigenvalue weighted by Gasteiger charge is -2.29. The average Bonchev–Trinajstić information content (AvgIpc) is 3.27. The van der Waals surface area contributed by atoms with E-state index in [4.69, 9.17) is 0 Å². The number of nitrogens with one attached hydrogen (secondary N) is 1. The van der Waals surface area contributed by atoms with E-state index < -0.39 is 0 Å². The largest absolute Gasteiger partial charge is 0.339 e. The standard InChI is InChI=1S/C24H30N2O/c1-17(2)26(22-6-4-3-5-7-22)23-12-10-21(11-13-23)25-24(27)16-20-15-18-8-9-19(20)14-18/h3-7,10-13,17-20H,8-9,14-16H2,1-2H3,(H,25,27). The molecule has 0 saturated heterocycles. The third-order valence-corrected chi connectivity index (χ3v) is 6.31. The van der Waals surface area contributed by atoms with Crippen LogP contribution in [0.5, 0.6) is 0 Å². The molecular weight excluding hydrogens is 332 g/mol. The van der Waals surface area contributed by atoms with Gasteiger partial charge in [0.05, 0.1) is 0 Å². The van der Waals surface area contributed by atoms with E-state index in [0.29, 0.717) is 18.4 Å². The number of amides is 1. The van der Waals surface area contributed by atoms with Gasteiger partial charge in [-0.15, -0.1) is 0 Å². The van der Waals surface area contributed by atoms with Crippen LogP contribution in [0.1, 0.15) is 46.0 Å². The number of nitrogens with zero attached hydrogens (tertiary/aromatic N) is 1. The van der Waals surface area contributed by atoms with E-state index in [2.05, 4.69) is 60.5 Å². The predicted octanol–water partition coefficient (Wildman–Crippen LogP) is 6.00. The Labute approximate surface area is 162 Å². The first kappa shape index (κ1) is 18.1. The van der Waals surface area contributed by atoms with Gasteiger partial charge in [0.25, 0.3) is 0 Å². The topological polar surface area (TPSA) is 32.3 Å². The molecule has 1 N–H and O–H groups in total. The molecular formula is C24H30N2O. The van der Waals surface area contributed by atoms with E-state index in [1.54, 1.807) is 0 Å². The van der Waals surface area contributed by atoms with Gasteiger partial charge in [-0.3, -0.25) is 4.79 Å². The Morgan fingerprint density at radius 3 is 2.30 bits per heavy atom. The number of hydrogen-bond donors (Lipinski definition) is 1. The molecule has 2 fully saturated rings. The number of para-hydroxylation sites is 1. The summed E-state index contributed by atoms with van der Waals surface area (Å²) in [7, 11) is 0. The summed E-state index contributed by atoms with van der Waals surface area (Å²) < 4.78 is 0. The minimum Gasteiger partial charge on any atom is -0.339 e. The van der Waals surface area contributed by atoms with E-state index in [1.807, 2.05) is 18.2 Å². The van der Waals surface area contributed by atoms with E-state index in [0.717, 1.165) is 23.2 Å². The zero-order valence-electron chi connectivity index (χ0n) is 16.4. The van der Waals surface area contributed by atoms with Gasteiger partial charge >= 0.3 is 0 Å². The zero-order chi connectivity index (χ0) is 18.8. The summed E-state index contributed by atoms with van der Waals surface area (Å²) in [6.07, 6.45) is 6.03. The molecule has 2 bridgehead atoms. The number of hydrogen-bond acceptors (Lipinski definition) is 2. The van der Waals surface area contributed by atoms with Crippen molar-refractivity contribution in [3.8, 4) is 0 Å². The highest BCUT2D eigenvalue weighted by atomic mass is 16.1. The van der Waals surface area contributed by atoms with Crippen molar-refractivity contribution >= 4 is 23.0 Å². The molecule has 27 heavy (non-hydrogen) atoms. The lowest BCUT2D eigenvalue weighted by molar-refractivity contribution is -0.117. The second-order valence-corrected chi connectivity index (χ2v) is 8.53. The van der Waals surface area contributed by atoms with Crippen molar-refractivity contribution in [2.45, 2.75) is 52.0 Å². The zero-order valence-corrected chi connectivity index (χ0v) is 16.4. The Hall–Kier alpha value is -2.29. The Morgan fingerprint density at radius 2 is 1.70 bits per heavy atom. The van der Waals surface area contributed by atoms with Crippen molar-refractivity contribution < 1.29 is 4.79 Å². The van der Waals surface area contributed by atoms with Crippen LogP contribution in [-0.2, 0) is 4.79 Å². The summed E-state index contributed by atoms with van der Waals surface area (Å²) in [4.78, 5) is 14.8. The van der Waals surface area contributed by atoms with E-state index in [-0.39, 0.29) is 5.91 Å². The van der Waals surface area contributed by atoms with Crippen LogP contribution in [0.4, 0.5) is 17.1 Å². The van der Waals surface area contributed by atoms with Crippen LogP contribution in [-0.4, -0.2) is 11.9 Å². The van der Waals surface area contributed by atoms with Gasteiger partial charge in [0.1, 0.15) is 0 Å². The Bertz CT molecular complexity index is 769. The molecule has 3 nitrogen and oxygen atoms in total. The van der Waals surface area contributed by atoms with Crippen molar-refractivity contribution in [3.63, 3.8) is 0 Å². The van der Waals surface area contributed by atoms with Gasteiger partial charge in [-0.25, -0.2) is 0 Å². The lowest BCUT2D eigenvalue weighted by Crippen LogP contribution is -2.25. The highest BCUT2D eigenvalue weighted by Crippen LogP contribution is 2.49. The molecule has 2 aromatic carbocycles. The van der Waals surface area contributed by atoms with Crippen LogP contribution in [0.2, 0.25) is 0 Å². The van der Waals surface area contributed by atoms with E-state index in [9.17, 15) is 4.79 Å². The van der Waals surface area contributed by atoms with Gasteiger partial charge in [-0.05, 0) is 87.3 Å². The first-order valence-corrected chi connectivity index (χ1v) is 10.3. The van der Waals surface area contributed by atoms with Crippen molar-refractivity contribution in [2.24, 2.45) is 17.8 Å². The summed E-state index contributed by atoms with van der Waals surface area (Å²) in [5.41, 5.74) is 3.21. The van der Waals surface area contributed by atoms with Crippen molar-refractivity contribution in [2.75, 3.05) is 10.2 Å². The number of anilines is 3. The Balaban J connectivity index is 1.40. The van der Waals surface area contributed by atoms with Crippen LogP contribution in [0.25, 0.3) is 0 Å². The SMILES string of the molecule is CC(C)N(c1ccccc1)c1ccc(NC(=O)CC2CC3CCC2C3)cc1. The molecule has 0 spiro atoms. The maximum atomic E-state index is 12.5. The predicted molar refractivity (Wildman–Crippen MR) is 112 cm³/mol. The fraction of sp³-hybridized carbons (Fsp3) is 0.458. The van der Waals surface area contributed by atoms with E-state index >= 15 is 0 Å². The van der Waals surface area contributed by atoms with Crippen molar-refractivity contribution in [3.05, 3.63) is 54.6 Å². The molecule has 4 rings (SSSR count). The summed E-state index contributed by atoms with van der Waals surface area (Å²) in [5, 5.41) is 3.11. The average molecular weight is 363 g/mol. The summed E-state index contributed by atoms with van der Waals surface area (Å²) >= 11 is 0. The monoisotopic (exact) mass is 362 g/mol. The van der Waals surface area contributed by atoms with Crippen LogP contribution in [0, 0.1) is 17.8 Å². The molecule has 3 heteroatoms. The molecule has 2 aliphatic rings. The Morgan fingerprint density at radius 1 is 1.00 bits per heavy atom. The maximum absolute atomic E-state index is 12.5. The third kappa shape index (κ3) is 4.02. The number of benzene rings is 2. The highest BCUT2D eigenvalue weighted by molar-refractivity contribution is 5.91. The molecule has 2 saturated carbocycles. The van der Waals surface area contributed by atoms with Crippen LogP contribution < -0.4 is 10.2 Å². The fourth-order valence-electron chi connectivity index (χ4n) is 5.12. The maximum Gasteiger partial charge on any atom is 0.224 e. The molecule has 0 heterocycles. The first-order chi connectivity index (χ1) is 13.1. The second-order valence-electron chi connectivity index (χ2n) is 8.53. The van der Waals surface area contributed by atoms with Gasteiger partial charge in [-0.1, -0.05) is 24.6 Å². The summed E-state index contributed by atoms with van der Waals surface area (Å²) in [6.45, 7) is 4.38. The van der Waals surface area contributed by atoms with Gasteiger partial charge < -0.3 is 10.2 Å². The first-order valence-electron chi connectivity index (χ1n) is 10.3. The van der Waals surface area contributed by atoms with Crippen molar-refractivity contribution in [1.82, 2.24) is 0 Å². The Kier molecular flexibility index (Phi) is 5.20. The quantitative estimate of drug-likeness (QED) is 0.684. The molecule has 142 valence electrons. The van der Waals surface area contributed by atoms with E-state index in [1.165, 1.54) is 31.4 Å². The molecule has 3 atom stereocenters. The minimum absolute atomic E-state index is 0.170. The molecule has 0 radical (unpaired) electrons. The molecule has 3 unspecified atom stereocenters. The number of rotatable bonds is 6. The second kappa shape index (κ2) is 7.75. The molecule has 0 aliphatic heterocycles. The number of carbonyl (C=O) groups is 1. The van der Waals surface area contributed by atoms with Gasteiger partial charge in [-0.2, -0.15) is 0 Å². The molecule has 0 aromatic heterocycles. The molecule has 2 aromatic rings. The van der Waals surface area contributed by atoms with Crippen LogP contribution in [0.15, 0.2) is 54.6 Å². The normalized spacial score (nSPS) is 23.6. The minimum atomic E-state index is 0.170.